The van der Waals surface area contributed by atoms with Crippen LogP contribution >= 0.6 is 11.6 Å². The fraction of sp³-hybridized carbons (Fsp3) is 0.538. The highest BCUT2D eigenvalue weighted by atomic mass is 35.5. The first kappa shape index (κ1) is 14.1. The van der Waals surface area contributed by atoms with Crippen LogP contribution in [0.4, 0.5) is 0 Å². The molecule has 0 atom stereocenters. The standard InChI is InChI=1S/C13H16ClN5O2/c1-18-12-9(5-15-18)16-10(17-13(12)21)7-19(11(20)4-14)6-8-2-3-8/h5,8H,2-4,6-7H2,1H3,(H,16,17,21). The normalized spacial score (nSPS) is 14.6. The molecule has 21 heavy (non-hydrogen) atoms. The number of fused-ring (bicyclic) bond motifs is 1. The van der Waals surface area contributed by atoms with E-state index in [1.807, 2.05) is 0 Å². The van der Waals surface area contributed by atoms with Gasteiger partial charge in [-0.2, -0.15) is 5.10 Å². The van der Waals surface area contributed by atoms with E-state index in [0.717, 1.165) is 12.8 Å². The van der Waals surface area contributed by atoms with Crippen LogP contribution in [0.15, 0.2) is 11.0 Å². The lowest BCUT2D eigenvalue weighted by atomic mass is 10.3. The van der Waals surface area contributed by atoms with Crippen LogP contribution in [0, 0.1) is 5.92 Å². The Kier molecular flexibility index (Phi) is 3.67. The van der Waals surface area contributed by atoms with Crippen LogP contribution in [0.1, 0.15) is 18.7 Å². The molecule has 1 fully saturated rings. The summed E-state index contributed by atoms with van der Waals surface area (Å²) in [6.45, 7) is 0.933. The van der Waals surface area contributed by atoms with Gasteiger partial charge in [0.25, 0.3) is 5.56 Å². The number of carbonyl (C=O) groups excluding carboxylic acids is 1. The van der Waals surface area contributed by atoms with Crippen LogP contribution in [-0.4, -0.2) is 43.0 Å². The molecule has 1 N–H and O–H groups in total. The summed E-state index contributed by atoms with van der Waals surface area (Å²) in [7, 11) is 1.69. The van der Waals surface area contributed by atoms with Crippen molar-refractivity contribution in [2.45, 2.75) is 19.4 Å². The average molecular weight is 310 g/mol. The number of alkyl halides is 1. The molecule has 0 bridgehead atoms. The molecule has 0 aliphatic heterocycles. The highest BCUT2D eigenvalue weighted by Crippen LogP contribution is 2.30. The number of aromatic amines is 1. The SMILES string of the molecule is Cn1ncc2nc(CN(CC3CC3)C(=O)CCl)[nH]c(=O)c21. The Hall–Kier alpha value is -1.89. The fourth-order valence-electron chi connectivity index (χ4n) is 2.34. The molecule has 1 aliphatic carbocycles. The van der Waals surface area contributed by atoms with Crippen LogP contribution in [0.25, 0.3) is 11.0 Å². The molecule has 3 rings (SSSR count). The summed E-state index contributed by atoms with van der Waals surface area (Å²) in [5, 5.41) is 4.02. The number of aryl methyl sites for hydroxylation is 1. The van der Waals surface area contributed by atoms with Crippen molar-refractivity contribution in [3.8, 4) is 0 Å². The maximum atomic E-state index is 12.1. The van der Waals surface area contributed by atoms with Crippen molar-refractivity contribution >= 4 is 28.5 Å². The van der Waals surface area contributed by atoms with Crippen LogP contribution in [0.2, 0.25) is 0 Å². The summed E-state index contributed by atoms with van der Waals surface area (Å²) in [5.74, 6) is 0.801. The third-order valence-electron chi connectivity index (χ3n) is 3.63. The molecule has 1 amide bonds. The molecule has 8 heteroatoms. The predicted molar refractivity (Wildman–Crippen MR) is 78.0 cm³/mol. The number of halogens is 1. The lowest BCUT2D eigenvalue weighted by Gasteiger charge is -2.21. The van der Waals surface area contributed by atoms with Crippen molar-refractivity contribution in [2.75, 3.05) is 12.4 Å². The first-order chi connectivity index (χ1) is 10.1. The molecule has 0 aromatic carbocycles. The highest BCUT2D eigenvalue weighted by Gasteiger charge is 2.27. The van der Waals surface area contributed by atoms with E-state index in [1.54, 1.807) is 18.1 Å². The summed E-state index contributed by atoms with van der Waals surface area (Å²) in [6, 6.07) is 0. The zero-order valence-corrected chi connectivity index (χ0v) is 12.4. The largest absolute Gasteiger partial charge is 0.334 e. The fourth-order valence-corrected chi connectivity index (χ4v) is 2.51. The van der Waals surface area contributed by atoms with Crippen LogP contribution in [-0.2, 0) is 18.4 Å². The van der Waals surface area contributed by atoms with Crippen molar-refractivity contribution in [3.05, 3.63) is 22.4 Å². The lowest BCUT2D eigenvalue weighted by Crippen LogP contribution is -2.34. The molecule has 0 unspecified atom stereocenters. The quantitative estimate of drug-likeness (QED) is 0.821. The number of amides is 1. The number of nitrogens with zero attached hydrogens (tertiary/aromatic N) is 4. The minimum Gasteiger partial charge on any atom is -0.334 e. The summed E-state index contributed by atoms with van der Waals surface area (Å²) in [6.07, 6.45) is 3.82. The van der Waals surface area contributed by atoms with Gasteiger partial charge in [-0.3, -0.25) is 14.3 Å². The third kappa shape index (κ3) is 2.92. The van der Waals surface area contributed by atoms with Crippen LogP contribution in [0.5, 0.6) is 0 Å². The summed E-state index contributed by atoms with van der Waals surface area (Å²) in [5.41, 5.74) is 0.705. The minimum absolute atomic E-state index is 0.0634. The van der Waals surface area contributed by atoms with Gasteiger partial charge in [0, 0.05) is 13.6 Å². The van der Waals surface area contributed by atoms with Gasteiger partial charge in [0.2, 0.25) is 5.91 Å². The van der Waals surface area contributed by atoms with Gasteiger partial charge in [0.05, 0.1) is 12.7 Å². The molecular formula is C13H16ClN5O2. The lowest BCUT2D eigenvalue weighted by molar-refractivity contribution is -0.129. The molecule has 2 heterocycles. The van der Waals surface area contributed by atoms with Crippen LogP contribution in [0.3, 0.4) is 0 Å². The molecule has 1 saturated carbocycles. The van der Waals surface area contributed by atoms with Gasteiger partial charge in [0.15, 0.2) is 5.52 Å². The van der Waals surface area contributed by atoms with Crippen LogP contribution < -0.4 is 5.56 Å². The monoisotopic (exact) mass is 309 g/mol. The van der Waals surface area contributed by atoms with Gasteiger partial charge in [-0.1, -0.05) is 0 Å². The number of carbonyl (C=O) groups is 1. The van der Waals surface area contributed by atoms with E-state index in [1.165, 1.54) is 4.68 Å². The van der Waals surface area contributed by atoms with Gasteiger partial charge in [-0.05, 0) is 18.8 Å². The van der Waals surface area contributed by atoms with E-state index in [9.17, 15) is 9.59 Å². The second kappa shape index (κ2) is 5.48. The molecular weight excluding hydrogens is 294 g/mol. The molecule has 0 saturated heterocycles. The molecule has 2 aromatic heterocycles. The second-order valence-corrected chi connectivity index (χ2v) is 5.63. The average Bonchev–Trinajstić information content (AvgIpc) is 3.19. The molecule has 1 aliphatic rings. The Balaban J connectivity index is 1.88. The van der Waals surface area contributed by atoms with E-state index >= 15 is 0 Å². The number of H-pyrrole nitrogens is 1. The highest BCUT2D eigenvalue weighted by molar-refractivity contribution is 6.27. The maximum Gasteiger partial charge on any atom is 0.277 e. The van der Waals surface area contributed by atoms with Crippen molar-refractivity contribution in [2.24, 2.45) is 13.0 Å². The third-order valence-corrected chi connectivity index (χ3v) is 3.86. The van der Waals surface area contributed by atoms with E-state index < -0.39 is 0 Å². The van der Waals surface area contributed by atoms with E-state index in [0.29, 0.717) is 29.3 Å². The van der Waals surface area contributed by atoms with E-state index in [4.69, 9.17) is 11.6 Å². The maximum absolute atomic E-state index is 12.1. The van der Waals surface area contributed by atoms with Crippen molar-refractivity contribution in [1.29, 1.82) is 0 Å². The van der Waals surface area contributed by atoms with Gasteiger partial charge < -0.3 is 9.88 Å². The van der Waals surface area contributed by atoms with Gasteiger partial charge >= 0.3 is 0 Å². The van der Waals surface area contributed by atoms with E-state index in [2.05, 4.69) is 15.1 Å². The molecule has 0 spiro atoms. The summed E-state index contributed by atoms with van der Waals surface area (Å²) >= 11 is 5.65. The smallest absolute Gasteiger partial charge is 0.277 e. The first-order valence-electron chi connectivity index (χ1n) is 6.83. The molecule has 112 valence electrons. The zero-order valence-electron chi connectivity index (χ0n) is 11.7. The van der Waals surface area contributed by atoms with E-state index in [-0.39, 0.29) is 23.9 Å². The van der Waals surface area contributed by atoms with Crippen molar-refractivity contribution < 1.29 is 4.79 Å². The minimum atomic E-state index is -0.250. The first-order valence-corrected chi connectivity index (χ1v) is 7.36. The predicted octanol–water partition coefficient (Wildman–Crippen LogP) is 0.634. The van der Waals surface area contributed by atoms with Crippen molar-refractivity contribution in [3.63, 3.8) is 0 Å². The number of hydrogen-bond acceptors (Lipinski definition) is 4. The Morgan fingerprint density at radius 2 is 2.33 bits per heavy atom. The van der Waals surface area contributed by atoms with Gasteiger partial charge in [-0.15, -0.1) is 11.6 Å². The second-order valence-electron chi connectivity index (χ2n) is 5.37. The van der Waals surface area contributed by atoms with Gasteiger partial charge in [0.1, 0.15) is 17.2 Å². The Bertz CT molecular complexity index is 734. The summed E-state index contributed by atoms with van der Waals surface area (Å²) < 4.78 is 1.48. The Morgan fingerprint density at radius 1 is 1.57 bits per heavy atom. The Labute approximate surface area is 125 Å². The number of aromatic nitrogens is 4. The Morgan fingerprint density at radius 3 is 3.00 bits per heavy atom. The van der Waals surface area contributed by atoms with Gasteiger partial charge in [-0.25, -0.2) is 4.98 Å². The number of rotatable bonds is 5. The topological polar surface area (TPSA) is 83.9 Å². The number of hydrogen-bond donors (Lipinski definition) is 1. The van der Waals surface area contributed by atoms with Crippen molar-refractivity contribution in [1.82, 2.24) is 24.6 Å². The molecule has 0 radical (unpaired) electrons. The molecule has 7 nitrogen and oxygen atoms in total. The summed E-state index contributed by atoms with van der Waals surface area (Å²) in [4.78, 5) is 32.7. The number of nitrogens with one attached hydrogen (secondary N) is 1. The molecule has 2 aromatic rings. The zero-order chi connectivity index (χ0) is 15.0.